The minimum absolute atomic E-state index is 0.120. The fourth-order valence-corrected chi connectivity index (χ4v) is 2.28. The van der Waals surface area contributed by atoms with Crippen LogP contribution < -0.4 is 0 Å². The third kappa shape index (κ3) is 2.92. The minimum atomic E-state index is -1.23. The summed E-state index contributed by atoms with van der Waals surface area (Å²) in [7, 11) is 0. The SMILES string of the molecule is N#Cc1cc(F)c(Sc2ccnc(C(=O)O)c2)c(F)c1. The highest BCUT2D eigenvalue weighted by molar-refractivity contribution is 7.99. The molecule has 0 aliphatic carbocycles. The van der Waals surface area contributed by atoms with Gasteiger partial charge in [-0.1, -0.05) is 11.8 Å². The third-order valence-corrected chi connectivity index (χ3v) is 3.38. The van der Waals surface area contributed by atoms with Crippen molar-refractivity contribution in [1.29, 1.82) is 5.26 Å². The quantitative estimate of drug-likeness (QED) is 0.941. The first kappa shape index (κ1) is 14.0. The Kier molecular flexibility index (Phi) is 3.96. The number of carboxylic acid groups (broad SMARTS) is 1. The molecule has 0 aliphatic heterocycles. The van der Waals surface area contributed by atoms with Gasteiger partial charge in [-0.2, -0.15) is 5.26 Å². The molecule has 20 heavy (non-hydrogen) atoms. The zero-order valence-corrected chi connectivity index (χ0v) is 10.6. The van der Waals surface area contributed by atoms with Gasteiger partial charge in [0, 0.05) is 11.1 Å². The van der Waals surface area contributed by atoms with Crippen molar-refractivity contribution in [2.45, 2.75) is 9.79 Å². The highest BCUT2D eigenvalue weighted by Gasteiger charge is 2.14. The van der Waals surface area contributed by atoms with Crippen molar-refractivity contribution in [3.63, 3.8) is 0 Å². The molecule has 100 valence electrons. The van der Waals surface area contributed by atoms with Crippen molar-refractivity contribution in [3.05, 3.63) is 53.4 Å². The Labute approximate surface area is 116 Å². The largest absolute Gasteiger partial charge is 0.477 e. The number of hydrogen-bond donors (Lipinski definition) is 1. The van der Waals surface area contributed by atoms with Crippen LogP contribution >= 0.6 is 11.8 Å². The van der Waals surface area contributed by atoms with Crippen LogP contribution in [0.2, 0.25) is 0 Å². The molecule has 7 heteroatoms. The van der Waals surface area contributed by atoms with E-state index in [0.717, 1.165) is 23.9 Å². The van der Waals surface area contributed by atoms with Crippen molar-refractivity contribution >= 4 is 17.7 Å². The number of benzene rings is 1. The lowest BCUT2D eigenvalue weighted by Crippen LogP contribution is -1.99. The van der Waals surface area contributed by atoms with Crippen molar-refractivity contribution in [2.75, 3.05) is 0 Å². The number of nitriles is 1. The number of halogens is 2. The summed E-state index contributed by atoms with van der Waals surface area (Å²) >= 11 is 0.729. The van der Waals surface area contributed by atoms with Crippen LogP contribution in [-0.4, -0.2) is 16.1 Å². The maximum atomic E-state index is 13.7. The van der Waals surface area contributed by atoms with Crippen LogP contribution in [0.15, 0.2) is 40.3 Å². The highest BCUT2D eigenvalue weighted by Crippen LogP contribution is 2.32. The Bertz CT molecular complexity index is 706. The second-order valence-electron chi connectivity index (χ2n) is 3.66. The molecule has 4 nitrogen and oxygen atoms in total. The molecule has 0 saturated heterocycles. The zero-order valence-electron chi connectivity index (χ0n) is 9.80. The molecule has 0 bridgehead atoms. The number of aromatic nitrogens is 1. The number of aromatic carboxylic acids is 1. The predicted octanol–water partition coefficient (Wildman–Crippen LogP) is 3.08. The van der Waals surface area contributed by atoms with Crippen LogP contribution in [0.4, 0.5) is 8.78 Å². The molecule has 0 spiro atoms. The van der Waals surface area contributed by atoms with E-state index in [4.69, 9.17) is 10.4 Å². The van der Waals surface area contributed by atoms with E-state index in [9.17, 15) is 13.6 Å². The maximum absolute atomic E-state index is 13.7. The number of nitrogens with zero attached hydrogens (tertiary/aromatic N) is 2. The van der Waals surface area contributed by atoms with Gasteiger partial charge in [-0.3, -0.25) is 0 Å². The van der Waals surface area contributed by atoms with Crippen molar-refractivity contribution in [1.82, 2.24) is 4.98 Å². The van der Waals surface area contributed by atoms with Crippen LogP contribution in [0.5, 0.6) is 0 Å². The van der Waals surface area contributed by atoms with Gasteiger partial charge in [0.2, 0.25) is 0 Å². The second-order valence-corrected chi connectivity index (χ2v) is 4.75. The molecule has 1 aromatic heterocycles. The molecule has 2 aromatic rings. The van der Waals surface area contributed by atoms with E-state index in [1.807, 2.05) is 0 Å². The van der Waals surface area contributed by atoms with Crippen LogP contribution in [0.25, 0.3) is 0 Å². The fourth-order valence-electron chi connectivity index (χ4n) is 1.43. The lowest BCUT2D eigenvalue weighted by molar-refractivity contribution is 0.0690. The summed E-state index contributed by atoms with van der Waals surface area (Å²) in [4.78, 5) is 14.4. The van der Waals surface area contributed by atoms with E-state index < -0.39 is 17.6 Å². The molecular formula is C13H6F2N2O2S. The number of hydrogen-bond acceptors (Lipinski definition) is 4. The standard InChI is InChI=1S/C13H6F2N2O2S/c14-9-3-7(6-16)4-10(15)12(9)20-8-1-2-17-11(5-8)13(18)19/h1-5H,(H,18,19). The minimum Gasteiger partial charge on any atom is -0.477 e. The Hall–Kier alpha value is -2.46. The first-order valence-corrected chi connectivity index (χ1v) is 6.09. The summed E-state index contributed by atoms with van der Waals surface area (Å²) in [5.41, 5.74) is -0.338. The summed E-state index contributed by atoms with van der Waals surface area (Å²) < 4.78 is 27.4. The molecule has 0 aliphatic rings. The molecule has 0 saturated carbocycles. The first-order valence-electron chi connectivity index (χ1n) is 5.27. The van der Waals surface area contributed by atoms with Gasteiger partial charge in [-0.05, 0) is 24.3 Å². The Balaban J connectivity index is 2.38. The van der Waals surface area contributed by atoms with Gasteiger partial charge in [0.1, 0.15) is 17.3 Å². The normalized spacial score (nSPS) is 10.1. The average Bonchev–Trinajstić information content (AvgIpc) is 2.42. The Morgan fingerprint density at radius 2 is 1.95 bits per heavy atom. The molecule has 0 atom stereocenters. The maximum Gasteiger partial charge on any atom is 0.354 e. The lowest BCUT2D eigenvalue weighted by Gasteiger charge is -2.05. The lowest BCUT2D eigenvalue weighted by atomic mass is 10.2. The van der Waals surface area contributed by atoms with Gasteiger partial charge in [0.25, 0.3) is 0 Å². The summed E-state index contributed by atoms with van der Waals surface area (Å²) in [5, 5.41) is 17.4. The summed E-state index contributed by atoms with van der Waals surface area (Å²) in [5.74, 6) is -2.98. The van der Waals surface area contributed by atoms with E-state index in [2.05, 4.69) is 4.98 Å². The predicted molar refractivity (Wildman–Crippen MR) is 66.4 cm³/mol. The molecular weight excluding hydrogens is 286 g/mol. The Morgan fingerprint density at radius 1 is 1.30 bits per heavy atom. The number of carboxylic acids is 1. The van der Waals surface area contributed by atoms with E-state index in [1.54, 1.807) is 6.07 Å². The highest BCUT2D eigenvalue weighted by atomic mass is 32.2. The monoisotopic (exact) mass is 292 g/mol. The Morgan fingerprint density at radius 3 is 2.50 bits per heavy atom. The van der Waals surface area contributed by atoms with Crippen LogP contribution in [0.1, 0.15) is 16.1 Å². The average molecular weight is 292 g/mol. The smallest absolute Gasteiger partial charge is 0.354 e. The van der Waals surface area contributed by atoms with Gasteiger partial charge in [-0.25, -0.2) is 18.6 Å². The molecule has 2 rings (SSSR count). The van der Waals surface area contributed by atoms with E-state index in [-0.39, 0.29) is 16.2 Å². The van der Waals surface area contributed by atoms with E-state index in [1.165, 1.54) is 18.3 Å². The summed E-state index contributed by atoms with van der Waals surface area (Å²) in [6.45, 7) is 0. The molecule has 1 N–H and O–H groups in total. The molecule has 0 radical (unpaired) electrons. The van der Waals surface area contributed by atoms with Crippen LogP contribution in [0.3, 0.4) is 0 Å². The van der Waals surface area contributed by atoms with E-state index in [0.29, 0.717) is 4.90 Å². The first-order chi connectivity index (χ1) is 9.51. The van der Waals surface area contributed by atoms with Gasteiger partial charge < -0.3 is 5.11 Å². The van der Waals surface area contributed by atoms with Crippen molar-refractivity contribution in [2.24, 2.45) is 0 Å². The number of carbonyl (C=O) groups is 1. The zero-order chi connectivity index (χ0) is 14.7. The summed E-state index contributed by atoms with van der Waals surface area (Å²) in [6, 6.07) is 6.14. The number of rotatable bonds is 3. The van der Waals surface area contributed by atoms with Crippen LogP contribution in [0, 0.1) is 23.0 Å². The fraction of sp³-hybridized carbons (Fsp3) is 0. The van der Waals surface area contributed by atoms with Crippen LogP contribution in [-0.2, 0) is 0 Å². The second kappa shape index (κ2) is 5.67. The van der Waals surface area contributed by atoms with Gasteiger partial charge in [0.05, 0.1) is 16.5 Å². The van der Waals surface area contributed by atoms with Gasteiger partial charge >= 0.3 is 5.97 Å². The molecule has 0 amide bonds. The molecule has 0 fully saturated rings. The van der Waals surface area contributed by atoms with E-state index >= 15 is 0 Å². The van der Waals surface area contributed by atoms with Crippen molar-refractivity contribution in [3.8, 4) is 6.07 Å². The van der Waals surface area contributed by atoms with Gasteiger partial charge in [0.15, 0.2) is 0 Å². The topological polar surface area (TPSA) is 74.0 Å². The third-order valence-electron chi connectivity index (χ3n) is 2.30. The molecule has 1 heterocycles. The summed E-state index contributed by atoms with van der Waals surface area (Å²) in [6.07, 6.45) is 1.24. The number of pyridine rings is 1. The van der Waals surface area contributed by atoms with Crippen molar-refractivity contribution < 1.29 is 18.7 Å². The molecule has 0 unspecified atom stereocenters. The molecule has 1 aromatic carbocycles. The van der Waals surface area contributed by atoms with Gasteiger partial charge in [-0.15, -0.1) is 0 Å².